The summed E-state index contributed by atoms with van der Waals surface area (Å²) in [4.78, 5) is 10.7. The fourth-order valence-corrected chi connectivity index (χ4v) is 2.97. The molecule has 0 unspecified atom stereocenters. The summed E-state index contributed by atoms with van der Waals surface area (Å²) in [6.07, 6.45) is 1.67. The molecule has 0 aliphatic heterocycles. The SMILES string of the molecule is Cn1ccc(CNS(=O)(=O)c2cc(N)ccc2C(=O)O)n1. The number of sulfonamides is 1. The Balaban J connectivity index is 2.31. The van der Waals surface area contributed by atoms with Gasteiger partial charge in [-0.25, -0.2) is 17.9 Å². The maximum absolute atomic E-state index is 12.2. The minimum atomic E-state index is -4.01. The normalized spacial score (nSPS) is 11.5. The van der Waals surface area contributed by atoms with E-state index in [1.54, 1.807) is 19.3 Å². The summed E-state index contributed by atoms with van der Waals surface area (Å²) in [5.41, 5.74) is 5.88. The van der Waals surface area contributed by atoms with Crippen LogP contribution in [0.2, 0.25) is 0 Å². The topological polar surface area (TPSA) is 127 Å². The minimum Gasteiger partial charge on any atom is -0.478 e. The number of nitrogens with one attached hydrogen (secondary N) is 1. The van der Waals surface area contributed by atoms with Crippen molar-refractivity contribution >= 4 is 21.7 Å². The van der Waals surface area contributed by atoms with Crippen LogP contribution in [-0.2, 0) is 23.6 Å². The number of rotatable bonds is 5. The second-order valence-electron chi connectivity index (χ2n) is 4.37. The maximum Gasteiger partial charge on any atom is 0.337 e. The number of nitrogens with zero attached hydrogens (tertiary/aromatic N) is 2. The van der Waals surface area contributed by atoms with E-state index < -0.39 is 16.0 Å². The molecule has 9 heteroatoms. The van der Waals surface area contributed by atoms with Crippen LogP contribution in [0.3, 0.4) is 0 Å². The number of anilines is 1. The molecule has 1 aromatic heterocycles. The molecule has 0 amide bonds. The van der Waals surface area contributed by atoms with Gasteiger partial charge in [0.15, 0.2) is 0 Å². The van der Waals surface area contributed by atoms with Crippen molar-refractivity contribution in [3.05, 3.63) is 41.7 Å². The van der Waals surface area contributed by atoms with Gasteiger partial charge in [0.05, 0.1) is 22.7 Å². The predicted molar refractivity (Wildman–Crippen MR) is 75.0 cm³/mol. The molecule has 0 radical (unpaired) electrons. The number of hydrogen-bond acceptors (Lipinski definition) is 5. The number of carboxylic acids is 1. The number of carbonyl (C=O) groups is 1. The highest BCUT2D eigenvalue weighted by Gasteiger charge is 2.22. The second kappa shape index (κ2) is 5.54. The number of benzene rings is 1. The Morgan fingerprint density at radius 3 is 2.71 bits per heavy atom. The van der Waals surface area contributed by atoms with Crippen LogP contribution in [0.4, 0.5) is 5.69 Å². The lowest BCUT2D eigenvalue weighted by Crippen LogP contribution is -2.25. The minimum absolute atomic E-state index is 0.0446. The smallest absolute Gasteiger partial charge is 0.337 e. The van der Waals surface area contributed by atoms with E-state index in [-0.39, 0.29) is 22.7 Å². The summed E-state index contributed by atoms with van der Waals surface area (Å²) < 4.78 is 28.3. The zero-order valence-electron chi connectivity index (χ0n) is 11.1. The van der Waals surface area contributed by atoms with Gasteiger partial charge in [0.1, 0.15) is 0 Å². The summed E-state index contributed by atoms with van der Waals surface area (Å²) in [5, 5.41) is 13.1. The molecule has 0 fully saturated rings. The van der Waals surface area contributed by atoms with Gasteiger partial charge in [-0.15, -0.1) is 0 Å². The molecule has 8 nitrogen and oxygen atoms in total. The lowest BCUT2D eigenvalue weighted by molar-refractivity contribution is 0.0692. The molecule has 0 aliphatic carbocycles. The van der Waals surface area contributed by atoms with Crippen molar-refractivity contribution in [2.45, 2.75) is 11.4 Å². The number of aromatic nitrogens is 2. The summed E-state index contributed by atoms with van der Waals surface area (Å²) in [7, 11) is -2.30. The van der Waals surface area contributed by atoms with Crippen molar-refractivity contribution in [2.24, 2.45) is 7.05 Å². The Morgan fingerprint density at radius 2 is 2.14 bits per heavy atom. The van der Waals surface area contributed by atoms with Crippen LogP contribution in [-0.4, -0.2) is 29.3 Å². The largest absolute Gasteiger partial charge is 0.478 e. The monoisotopic (exact) mass is 310 g/mol. The van der Waals surface area contributed by atoms with Crippen LogP contribution in [0.1, 0.15) is 16.1 Å². The molecule has 4 N–H and O–H groups in total. The molecule has 1 aromatic carbocycles. The van der Waals surface area contributed by atoms with Crippen LogP contribution in [0, 0.1) is 0 Å². The number of aromatic carboxylic acids is 1. The molecule has 21 heavy (non-hydrogen) atoms. The van der Waals surface area contributed by atoms with Gasteiger partial charge in [0, 0.05) is 18.9 Å². The lowest BCUT2D eigenvalue weighted by atomic mass is 10.2. The highest BCUT2D eigenvalue weighted by atomic mass is 32.2. The molecule has 1 heterocycles. The Bertz CT molecular complexity index is 782. The van der Waals surface area contributed by atoms with E-state index in [4.69, 9.17) is 10.8 Å². The number of carboxylic acid groups (broad SMARTS) is 1. The van der Waals surface area contributed by atoms with Gasteiger partial charge < -0.3 is 10.8 Å². The van der Waals surface area contributed by atoms with E-state index in [1.165, 1.54) is 10.7 Å². The molecule has 0 atom stereocenters. The van der Waals surface area contributed by atoms with Gasteiger partial charge >= 0.3 is 5.97 Å². The molecular weight excluding hydrogens is 296 g/mol. The van der Waals surface area contributed by atoms with Crippen molar-refractivity contribution < 1.29 is 18.3 Å². The Morgan fingerprint density at radius 1 is 1.43 bits per heavy atom. The Kier molecular flexibility index (Phi) is 3.96. The van der Waals surface area contributed by atoms with E-state index >= 15 is 0 Å². The van der Waals surface area contributed by atoms with E-state index in [0.717, 1.165) is 12.1 Å². The number of nitrogen functional groups attached to an aromatic ring is 1. The van der Waals surface area contributed by atoms with E-state index in [1.807, 2.05) is 0 Å². The van der Waals surface area contributed by atoms with Crippen LogP contribution >= 0.6 is 0 Å². The number of nitrogens with two attached hydrogens (primary N) is 1. The van der Waals surface area contributed by atoms with E-state index in [2.05, 4.69) is 9.82 Å². The molecule has 2 rings (SSSR count). The maximum atomic E-state index is 12.2. The van der Waals surface area contributed by atoms with E-state index in [9.17, 15) is 13.2 Å². The van der Waals surface area contributed by atoms with Crippen molar-refractivity contribution in [2.75, 3.05) is 5.73 Å². The highest BCUT2D eigenvalue weighted by molar-refractivity contribution is 7.89. The quantitative estimate of drug-likeness (QED) is 0.676. The average Bonchev–Trinajstić information content (AvgIpc) is 2.82. The van der Waals surface area contributed by atoms with Gasteiger partial charge in [-0.1, -0.05) is 0 Å². The summed E-state index contributed by atoms with van der Waals surface area (Å²) in [6, 6.07) is 5.26. The third-order valence-electron chi connectivity index (χ3n) is 2.74. The summed E-state index contributed by atoms with van der Waals surface area (Å²) in [6.45, 7) is -0.0446. The van der Waals surface area contributed by atoms with Crippen molar-refractivity contribution in [1.82, 2.24) is 14.5 Å². The van der Waals surface area contributed by atoms with Crippen LogP contribution in [0.5, 0.6) is 0 Å². The van der Waals surface area contributed by atoms with Crippen LogP contribution in [0.25, 0.3) is 0 Å². The molecule has 0 saturated carbocycles. The van der Waals surface area contributed by atoms with Gasteiger partial charge in [-0.3, -0.25) is 4.68 Å². The lowest BCUT2D eigenvalue weighted by Gasteiger charge is -2.09. The first-order valence-corrected chi connectivity index (χ1v) is 7.39. The van der Waals surface area contributed by atoms with Gasteiger partial charge in [-0.2, -0.15) is 5.10 Å². The first kappa shape index (κ1) is 15.0. The predicted octanol–water partition coefficient (Wildman–Crippen LogP) is 0.179. The fourth-order valence-electron chi connectivity index (χ4n) is 1.74. The van der Waals surface area contributed by atoms with Gasteiger partial charge in [-0.05, 0) is 24.3 Å². The van der Waals surface area contributed by atoms with Gasteiger partial charge in [0.2, 0.25) is 10.0 Å². The van der Waals surface area contributed by atoms with E-state index in [0.29, 0.717) is 5.69 Å². The molecule has 2 aromatic rings. The molecule has 0 aliphatic rings. The second-order valence-corrected chi connectivity index (χ2v) is 6.10. The zero-order chi connectivity index (χ0) is 15.6. The van der Waals surface area contributed by atoms with Crippen molar-refractivity contribution in [3.8, 4) is 0 Å². The molecular formula is C12H14N4O4S. The van der Waals surface area contributed by atoms with Crippen molar-refractivity contribution in [3.63, 3.8) is 0 Å². The molecule has 0 bridgehead atoms. The summed E-state index contributed by atoms with van der Waals surface area (Å²) >= 11 is 0. The third kappa shape index (κ3) is 3.38. The third-order valence-corrected chi connectivity index (χ3v) is 4.18. The molecule has 0 saturated heterocycles. The molecule has 112 valence electrons. The van der Waals surface area contributed by atoms with Crippen LogP contribution in [0.15, 0.2) is 35.4 Å². The summed E-state index contributed by atoms with van der Waals surface area (Å²) in [5.74, 6) is -1.34. The highest BCUT2D eigenvalue weighted by Crippen LogP contribution is 2.19. The first-order valence-electron chi connectivity index (χ1n) is 5.90. The standard InChI is InChI=1S/C12H14N4O4S/c1-16-5-4-9(15-16)7-14-21(19,20)11-6-8(13)2-3-10(11)12(17)18/h2-6,14H,7,13H2,1H3,(H,17,18). The molecule has 0 spiro atoms. The number of hydrogen-bond donors (Lipinski definition) is 3. The van der Waals surface area contributed by atoms with Crippen LogP contribution < -0.4 is 10.5 Å². The number of aryl methyl sites for hydroxylation is 1. The Labute approximate surface area is 121 Å². The van der Waals surface area contributed by atoms with Gasteiger partial charge in [0.25, 0.3) is 0 Å². The fraction of sp³-hybridized carbons (Fsp3) is 0.167. The Hall–Kier alpha value is -2.39. The first-order chi connectivity index (χ1) is 9.79. The average molecular weight is 310 g/mol. The van der Waals surface area contributed by atoms with Crippen molar-refractivity contribution in [1.29, 1.82) is 0 Å². The zero-order valence-corrected chi connectivity index (χ0v) is 12.0.